The van der Waals surface area contributed by atoms with Crippen molar-refractivity contribution in [3.05, 3.63) is 45.9 Å². The zero-order valence-corrected chi connectivity index (χ0v) is 15.5. The van der Waals surface area contributed by atoms with Crippen molar-refractivity contribution in [1.82, 2.24) is 20.4 Å². The molecule has 1 amide bonds. The van der Waals surface area contributed by atoms with E-state index in [9.17, 15) is 4.79 Å². The van der Waals surface area contributed by atoms with Gasteiger partial charge in [-0.3, -0.25) is 4.79 Å². The van der Waals surface area contributed by atoms with Gasteiger partial charge in [0.15, 0.2) is 0 Å². The number of aromatic nitrogens is 2. The number of aryl methyl sites for hydroxylation is 1. The van der Waals surface area contributed by atoms with Crippen LogP contribution in [0, 0.1) is 6.92 Å². The summed E-state index contributed by atoms with van der Waals surface area (Å²) >= 11 is 7.45. The molecule has 0 saturated carbocycles. The average molecular weight is 375 g/mol. The molecule has 0 bridgehead atoms. The summed E-state index contributed by atoms with van der Waals surface area (Å²) in [6.45, 7) is 3.84. The van der Waals surface area contributed by atoms with Gasteiger partial charge in [0.05, 0.1) is 16.3 Å². The van der Waals surface area contributed by atoms with Crippen molar-refractivity contribution in [2.75, 3.05) is 13.1 Å². The summed E-state index contributed by atoms with van der Waals surface area (Å²) in [6.07, 6.45) is 2.13. The Kier molecular flexibility index (Phi) is 4.50. The predicted octanol–water partition coefficient (Wildman–Crippen LogP) is 3.53. The highest BCUT2D eigenvalue weighted by molar-refractivity contribution is 7.20. The molecule has 1 fully saturated rings. The van der Waals surface area contributed by atoms with Crippen molar-refractivity contribution >= 4 is 39.1 Å². The Morgan fingerprint density at radius 2 is 2.20 bits per heavy atom. The van der Waals surface area contributed by atoms with E-state index in [-0.39, 0.29) is 11.9 Å². The van der Waals surface area contributed by atoms with E-state index in [4.69, 9.17) is 11.6 Å². The number of benzene rings is 1. The summed E-state index contributed by atoms with van der Waals surface area (Å²) in [4.78, 5) is 14.3. The maximum atomic E-state index is 12.6. The molecule has 2 aromatic heterocycles. The van der Waals surface area contributed by atoms with E-state index in [1.165, 1.54) is 11.3 Å². The molecule has 1 unspecified atom stereocenters. The molecule has 1 aliphatic heterocycles. The van der Waals surface area contributed by atoms with Gasteiger partial charge < -0.3 is 10.6 Å². The highest BCUT2D eigenvalue weighted by Crippen LogP contribution is 2.30. The van der Waals surface area contributed by atoms with Gasteiger partial charge in [0.25, 0.3) is 5.91 Å². The first-order chi connectivity index (χ1) is 12.1. The number of piperidine rings is 1. The summed E-state index contributed by atoms with van der Waals surface area (Å²) in [5, 5.41) is 12.8. The summed E-state index contributed by atoms with van der Waals surface area (Å²) in [6, 6.07) is 9.71. The minimum absolute atomic E-state index is 0.00282. The van der Waals surface area contributed by atoms with E-state index in [2.05, 4.69) is 15.7 Å². The van der Waals surface area contributed by atoms with Crippen LogP contribution in [0.2, 0.25) is 5.02 Å². The quantitative estimate of drug-likeness (QED) is 0.737. The molecule has 1 aromatic carbocycles. The molecule has 3 aromatic rings. The molecular weight excluding hydrogens is 356 g/mol. The smallest absolute Gasteiger partial charge is 0.261 e. The Balaban J connectivity index is 1.64. The number of amides is 1. The third-order valence-corrected chi connectivity index (χ3v) is 5.83. The van der Waals surface area contributed by atoms with E-state index in [1.54, 1.807) is 0 Å². The molecular formula is C18H19ClN4OS. The van der Waals surface area contributed by atoms with Crippen LogP contribution in [0.3, 0.4) is 0 Å². The number of carbonyl (C=O) groups is 1. The Morgan fingerprint density at radius 1 is 1.40 bits per heavy atom. The second-order valence-electron chi connectivity index (χ2n) is 6.32. The highest BCUT2D eigenvalue weighted by Gasteiger charge is 2.20. The molecule has 0 aliphatic carbocycles. The van der Waals surface area contributed by atoms with E-state index in [0.29, 0.717) is 5.02 Å². The maximum absolute atomic E-state index is 12.6. The lowest BCUT2D eigenvalue weighted by molar-refractivity contribution is 0.0935. The van der Waals surface area contributed by atoms with Crippen LogP contribution in [0.15, 0.2) is 30.3 Å². The topological polar surface area (TPSA) is 59.0 Å². The van der Waals surface area contributed by atoms with Crippen molar-refractivity contribution in [1.29, 1.82) is 0 Å². The zero-order chi connectivity index (χ0) is 17.4. The standard InChI is InChI=1S/C18H19ClN4OS/c1-11-15-9-16(17(24)21-13-3-2-8-20-10-13)25-18(15)23(22-11)14-6-4-12(19)5-7-14/h4-7,9,13,20H,2-3,8,10H2,1H3,(H,21,24). The monoisotopic (exact) mass is 374 g/mol. The van der Waals surface area contributed by atoms with Crippen molar-refractivity contribution in [3.8, 4) is 5.69 Å². The molecule has 1 saturated heterocycles. The number of rotatable bonds is 3. The first kappa shape index (κ1) is 16.6. The lowest BCUT2D eigenvalue weighted by Gasteiger charge is -2.23. The van der Waals surface area contributed by atoms with E-state index >= 15 is 0 Å². The minimum atomic E-state index is -0.00282. The number of nitrogens with one attached hydrogen (secondary N) is 2. The molecule has 4 rings (SSSR count). The van der Waals surface area contributed by atoms with Crippen LogP contribution in [0.25, 0.3) is 15.9 Å². The van der Waals surface area contributed by atoms with Gasteiger partial charge in [-0.1, -0.05) is 11.6 Å². The summed E-state index contributed by atoms with van der Waals surface area (Å²) in [5.74, 6) is -0.00282. The first-order valence-electron chi connectivity index (χ1n) is 8.38. The molecule has 1 atom stereocenters. The van der Waals surface area contributed by atoms with Crippen molar-refractivity contribution in [2.45, 2.75) is 25.8 Å². The molecule has 0 spiro atoms. The lowest BCUT2D eigenvalue weighted by atomic mass is 10.1. The Hall–Kier alpha value is -1.89. The Morgan fingerprint density at radius 3 is 2.92 bits per heavy atom. The third-order valence-electron chi connectivity index (χ3n) is 4.47. The van der Waals surface area contributed by atoms with Crippen molar-refractivity contribution in [2.24, 2.45) is 0 Å². The average Bonchev–Trinajstić information content (AvgIpc) is 3.18. The Labute approximate surface area is 155 Å². The fraction of sp³-hybridized carbons (Fsp3) is 0.333. The number of carbonyl (C=O) groups excluding carboxylic acids is 1. The fourth-order valence-corrected chi connectivity index (χ4v) is 4.36. The number of hydrogen-bond donors (Lipinski definition) is 2. The second kappa shape index (κ2) is 6.78. The molecule has 130 valence electrons. The molecule has 5 nitrogen and oxygen atoms in total. The van der Waals surface area contributed by atoms with Gasteiger partial charge in [-0.05, 0) is 56.6 Å². The van der Waals surface area contributed by atoms with Crippen LogP contribution in [-0.2, 0) is 0 Å². The molecule has 2 N–H and O–H groups in total. The van der Waals surface area contributed by atoms with Crippen LogP contribution in [-0.4, -0.2) is 34.8 Å². The second-order valence-corrected chi connectivity index (χ2v) is 7.79. The minimum Gasteiger partial charge on any atom is -0.347 e. The summed E-state index contributed by atoms with van der Waals surface area (Å²) in [5.41, 5.74) is 1.85. The van der Waals surface area contributed by atoms with Crippen LogP contribution in [0.5, 0.6) is 0 Å². The van der Waals surface area contributed by atoms with Gasteiger partial charge in [-0.25, -0.2) is 4.68 Å². The van der Waals surface area contributed by atoms with Crippen LogP contribution in [0.1, 0.15) is 28.2 Å². The summed E-state index contributed by atoms with van der Waals surface area (Å²) < 4.78 is 1.88. The number of nitrogens with zero attached hydrogens (tertiary/aromatic N) is 2. The van der Waals surface area contributed by atoms with Crippen LogP contribution in [0.4, 0.5) is 0 Å². The molecule has 3 heterocycles. The van der Waals surface area contributed by atoms with Crippen LogP contribution < -0.4 is 10.6 Å². The van der Waals surface area contributed by atoms with Gasteiger partial charge >= 0.3 is 0 Å². The van der Waals surface area contributed by atoms with Gasteiger partial charge in [-0.15, -0.1) is 11.3 Å². The molecule has 1 aliphatic rings. The zero-order valence-electron chi connectivity index (χ0n) is 13.9. The summed E-state index contributed by atoms with van der Waals surface area (Å²) in [7, 11) is 0. The Bertz CT molecular complexity index is 909. The van der Waals surface area contributed by atoms with Crippen molar-refractivity contribution < 1.29 is 4.79 Å². The number of thiophene rings is 1. The SMILES string of the molecule is Cc1nn(-c2ccc(Cl)cc2)c2sc(C(=O)NC3CCCNC3)cc12. The van der Waals surface area contributed by atoms with E-state index in [0.717, 1.165) is 52.4 Å². The lowest BCUT2D eigenvalue weighted by Crippen LogP contribution is -2.45. The molecule has 0 radical (unpaired) electrons. The van der Waals surface area contributed by atoms with E-state index < -0.39 is 0 Å². The number of fused-ring (bicyclic) bond motifs is 1. The largest absolute Gasteiger partial charge is 0.347 e. The predicted molar refractivity (Wildman–Crippen MR) is 102 cm³/mol. The van der Waals surface area contributed by atoms with E-state index in [1.807, 2.05) is 41.9 Å². The number of halogens is 1. The van der Waals surface area contributed by atoms with Crippen LogP contribution >= 0.6 is 22.9 Å². The molecule has 25 heavy (non-hydrogen) atoms. The molecule has 7 heteroatoms. The maximum Gasteiger partial charge on any atom is 0.261 e. The van der Waals surface area contributed by atoms with Gasteiger partial charge in [0.1, 0.15) is 4.83 Å². The van der Waals surface area contributed by atoms with Gasteiger partial charge in [0.2, 0.25) is 0 Å². The third kappa shape index (κ3) is 3.29. The normalized spacial score (nSPS) is 17.8. The number of hydrogen-bond acceptors (Lipinski definition) is 4. The van der Waals surface area contributed by atoms with Gasteiger partial charge in [-0.2, -0.15) is 5.10 Å². The van der Waals surface area contributed by atoms with Gasteiger partial charge in [0, 0.05) is 23.0 Å². The first-order valence-corrected chi connectivity index (χ1v) is 9.58. The van der Waals surface area contributed by atoms with Crippen molar-refractivity contribution in [3.63, 3.8) is 0 Å². The highest BCUT2D eigenvalue weighted by atomic mass is 35.5. The fourth-order valence-electron chi connectivity index (χ4n) is 3.15.